The van der Waals surface area contributed by atoms with Crippen molar-refractivity contribution in [2.75, 3.05) is 6.54 Å². The molecule has 120 valence electrons. The second-order valence-electron chi connectivity index (χ2n) is 5.04. The minimum atomic E-state index is -4.42. The molecular weight excluding hydrogens is 358 g/mol. The van der Waals surface area contributed by atoms with Crippen LogP contribution in [-0.4, -0.2) is 6.54 Å². The first-order chi connectivity index (χ1) is 10.2. The molecule has 1 aromatic rings. The minimum absolute atomic E-state index is 0.244. The SMILES string of the molecule is NCCc1cc(C2C=C(Cl)C(Cl)=C(Cl)C2)cc(C(F)(F)F)c1. The summed E-state index contributed by atoms with van der Waals surface area (Å²) < 4.78 is 39.1. The average Bonchev–Trinajstić information content (AvgIpc) is 2.43. The van der Waals surface area contributed by atoms with Crippen LogP contribution in [0.25, 0.3) is 0 Å². The Morgan fingerprint density at radius 3 is 2.36 bits per heavy atom. The van der Waals surface area contributed by atoms with Crippen molar-refractivity contribution in [2.24, 2.45) is 5.73 Å². The van der Waals surface area contributed by atoms with E-state index in [0.717, 1.165) is 12.1 Å². The fraction of sp³-hybridized carbons (Fsp3) is 0.333. The highest BCUT2D eigenvalue weighted by Gasteiger charge is 2.32. The molecule has 0 fully saturated rings. The van der Waals surface area contributed by atoms with E-state index in [-0.39, 0.29) is 22.5 Å². The van der Waals surface area contributed by atoms with Crippen molar-refractivity contribution in [3.05, 3.63) is 56.1 Å². The van der Waals surface area contributed by atoms with Crippen molar-refractivity contribution in [2.45, 2.75) is 24.9 Å². The predicted molar refractivity (Wildman–Crippen MR) is 84.2 cm³/mol. The van der Waals surface area contributed by atoms with Crippen molar-refractivity contribution in [3.8, 4) is 0 Å². The zero-order valence-electron chi connectivity index (χ0n) is 11.4. The lowest BCUT2D eigenvalue weighted by Gasteiger charge is -2.21. The molecule has 0 aromatic heterocycles. The van der Waals surface area contributed by atoms with E-state index in [1.165, 1.54) is 0 Å². The summed E-state index contributed by atoms with van der Waals surface area (Å²) in [4.78, 5) is 0. The molecule has 0 spiro atoms. The van der Waals surface area contributed by atoms with Crippen LogP contribution in [0.4, 0.5) is 13.2 Å². The molecule has 1 aliphatic rings. The predicted octanol–water partition coefficient (Wildman–Crippen LogP) is 5.51. The van der Waals surface area contributed by atoms with Gasteiger partial charge in [-0.25, -0.2) is 0 Å². The first kappa shape index (κ1) is 17.7. The van der Waals surface area contributed by atoms with E-state index < -0.39 is 11.7 Å². The Balaban J connectivity index is 2.45. The molecule has 1 unspecified atom stereocenters. The quantitative estimate of drug-likeness (QED) is 0.746. The Hall–Kier alpha value is -0.680. The van der Waals surface area contributed by atoms with Gasteiger partial charge in [-0.2, -0.15) is 13.2 Å². The lowest BCUT2D eigenvalue weighted by molar-refractivity contribution is -0.137. The van der Waals surface area contributed by atoms with Crippen LogP contribution in [-0.2, 0) is 12.6 Å². The summed E-state index contributed by atoms with van der Waals surface area (Å²) in [6.45, 7) is 0.272. The number of halogens is 6. The van der Waals surface area contributed by atoms with E-state index >= 15 is 0 Å². The van der Waals surface area contributed by atoms with Gasteiger partial charge in [-0.3, -0.25) is 0 Å². The van der Waals surface area contributed by atoms with Crippen molar-refractivity contribution >= 4 is 34.8 Å². The van der Waals surface area contributed by atoms with Gasteiger partial charge in [-0.05, 0) is 42.6 Å². The maximum Gasteiger partial charge on any atom is 0.416 e. The van der Waals surface area contributed by atoms with Crippen molar-refractivity contribution in [1.29, 1.82) is 0 Å². The van der Waals surface area contributed by atoms with Crippen LogP contribution in [0.1, 0.15) is 29.0 Å². The Bertz CT molecular complexity index is 635. The van der Waals surface area contributed by atoms with E-state index in [2.05, 4.69) is 0 Å². The van der Waals surface area contributed by atoms with E-state index in [1.54, 1.807) is 12.1 Å². The fourth-order valence-electron chi connectivity index (χ4n) is 2.34. The molecule has 0 amide bonds. The molecule has 22 heavy (non-hydrogen) atoms. The van der Waals surface area contributed by atoms with Gasteiger partial charge in [0.05, 0.1) is 15.6 Å². The minimum Gasteiger partial charge on any atom is -0.330 e. The molecule has 0 saturated heterocycles. The van der Waals surface area contributed by atoms with Gasteiger partial charge in [-0.15, -0.1) is 0 Å². The van der Waals surface area contributed by atoms with Crippen LogP contribution in [0, 0.1) is 0 Å². The van der Waals surface area contributed by atoms with Crippen molar-refractivity contribution in [3.63, 3.8) is 0 Å². The van der Waals surface area contributed by atoms with Gasteiger partial charge < -0.3 is 5.73 Å². The largest absolute Gasteiger partial charge is 0.416 e. The van der Waals surface area contributed by atoms with Crippen molar-refractivity contribution in [1.82, 2.24) is 0 Å². The molecule has 1 aliphatic carbocycles. The number of hydrogen-bond acceptors (Lipinski definition) is 1. The van der Waals surface area contributed by atoms with Crippen LogP contribution in [0.5, 0.6) is 0 Å². The number of benzene rings is 1. The molecule has 1 nitrogen and oxygen atoms in total. The summed E-state index contributed by atoms with van der Waals surface area (Å²) in [7, 11) is 0. The van der Waals surface area contributed by atoms with Gasteiger partial charge >= 0.3 is 6.18 Å². The third-order valence-corrected chi connectivity index (χ3v) is 4.68. The molecular formula is C15H13Cl3F3N. The zero-order valence-corrected chi connectivity index (χ0v) is 13.6. The third kappa shape index (κ3) is 3.99. The number of allylic oxidation sites excluding steroid dienone is 4. The van der Waals surface area contributed by atoms with Crippen LogP contribution in [0.15, 0.2) is 39.4 Å². The monoisotopic (exact) mass is 369 g/mol. The van der Waals surface area contributed by atoms with Gasteiger partial charge in [-0.1, -0.05) is 46.9 Å². The lowest BCUT2D eigenvalue weighted by Crippen LogP contribution is -2.11. The fourth-order valence-corrected chi connectivity index (χ4v) is 3.06. The van der Waals surface area contributed by atoms with Gasteiger partial charge in [0.15, 0.2) is 0 Å². The lowest BCUT2D eigenvalue weighted by atomic mass is 9.89. The van der Waals surface area contributed by atoms with E-state index in [0.29, 0.717) is 29.0 Å². The summed E-state index contributed by atoms with van der Waals surface area (Å²) in [6.07, 6.45) is -2.11. The van der Waals surface area contributed by atoms with E-state index in [1.807, 2.05) is 0 Å². The highest BCUT2D eigenvalue weighted by molar-refractivity contribution is 6.48. The molecule has 1 atom stereocenters. The van der Waals surface area contributed by atoms with E-state index in [4.69, 9.17) is 40.5 Å². The molecule has 0 heterocycles. The van der Waals surface area contributed by atoms with Crippen LogP contribution >= 0.6 is 34.8 Å². The number of rotatable bonds is 3. The maximum atomic E-state index is 13.0. The first-order valence-electron chi connectivity index (χ1n) is 6.55. The molecule has 7 heteroatoms. The van der Waals surface area contributed by atoms with Gasteiger partial charge in [0, 0.05) is 11.0 Å². The maximum absolute atomic E-state index is 13.0. The Labute approximate surface area is 141 Å². The molecule has 0 bridgehead atoms. The average molecular weight is 371 g/mol. The Morgan fingerprint density at radius 2 is 1.82 bits per heavy atom. The van der Waals surface area contributed by atoms with Gasteiger partial charge in [0.1, 0.15) is 0 Å². The number of alkyl halides is 3. The number of hydrogen-bond donors (Lipinski definition) is 1. The second-order valence-corrected chi connectivity index (χ2v) is 6.29. The molecule has 0 radical (unpaired) electrons. The zero-order chi connectivity index (χ0) is 16.5. The molecule has 2 rings (SSSR count). The van der Waals surface area contributed by atoms with Gasteiger partial charge in [0.25, 0.3) is 0 Å². The summed E-state index contributed by atoms with van der Waals surface area (Å²) in [5.74, 6) is -0.346. The summed E-state index contributed by atoms with van der Waals surface area (Å²) >= 11 is 17.9. The van der Waals surface area contributed by atoms with Crippen LogP contribution in [0.3, 0.4) is 0 Å². The molecule has 1 aromatic carbocycles. The van der Waals surface area contributed by atoms with Crippen molar-refractivity contribution < 1.29 is 13.2 Å². The summed E-state index contributed by atoms with van der Waals surface area (Å²) in [5, 5.41) is 0.839. The Kier molecular flexibility index (Phi) is 5.49. The smallest absolute Gasteiger partial charge is 0.330 e. The summed E-state index contributed by atoms with van der Waals surface area (Å²) in [5.41, 5.74) is 5.79. The Morgan fingerprint density at radius 1 is 1.14 bits per heavy atom. The highest BCUT2D eigenvalue weighted by Crippen LogP contribution is 2.41. The second kappa shape index (κ2) is 6.83. The van der Waals surface area contributed by atoms with Crippen LogP contribution < -0.4 is 5.73 Å². The standard InChI is InChI=1S/C15H13Cl3F3N/c16-12-6-10(7-13(17)14(12)18)9-3-8(1-2-22)4-11(5-9)15(19,20)21/h3-6,10H,1-2,7,22H2. The van der Waals surface area contributed by atoms with E-state index in [9.17, 15) is 13.2 Å². The molecule has 2 N–H and O–H groups in total. The summed E-state index contributed by atoms with van der Waals surface area (Å²) in [6, 6.07) is 3.94. The van der Waals surface area contributed by atoms with Crippen LogP contribution in [0.2, 0.25) is 0 Å². The topological polar surface area (TPSA) is 26.0 Å². The number of nitrogens with two attached hydrogens (primary N) is 1. The van der Waals surface area contributed by atoms with Gasteiger partial charge in [0.2, 0.25) is 0 Å². The normalized spacial score (nSPS) is 19.4. The first-order valence-corrected chi connectivity index (χ1v) is 7.68. The highest BCUT2D eigenvalue weighted by atomic mass is 35.5. The third-order valence-electron chi connectivity index (χ3n) is 3.40. The molecule has 0 saturated carbocycles. The molecule has 0 aliphatic heterocycles.